The molecule has 8 heteroatoms. The Morgan fingerprint density at radius 1 is 1.41 bits per heavy atom. The summed E-state index contributed by atoms with van der Waals surface area (Å²) in [4.78, 5) is 4.00. The maximum Gasteiger partial charge on any atom is 0.209 e. The molecular formula is C9H15N7S. The van der Waals surface area contributed by atoms with Gasteiger partial charge < -0.3 is 9.88 Å². The highest BCUT2D eigenvalue weighted by Crippen LogP contribution is 2.13. The number of thioether (sulfide) groups is 1. The highest BCUT2D eigenvalue weighted by molar-refractivity contribution is 7.99. The van der Waals surface area contributed by atoms with E-state index < -0.39 is 0 Å². The first kappa shape index (κ1) is 12.1. The van der Waals surface area contributed by atoms with Gasteiger partial charge in [0.05, 0.1) is 12.9 Å². The van der Waals surface area contributed by atoms with Crippen molar-refractivity contribution < 1.29 is 0 Å². The topological polar surface area (TPSA) is 73.5 Å². The maximum atomic E-state index is 4.00. The molecule has 0 aliphatic carbocycles. The van der Waals surface area contributed by atoms with E-state index in [-0.39, 0.29) is 0 Å². The fourth-order valence-electron chi connectivity index (χ4n) is 1.32. The molecule has 0 aliphatic heterocycles. The Kier molecular flexibility index (Phi) is 4.51. The van der Waals surface area contributed by atoms with Crippen molar-refractivity contribution >= 4 is 11.8 Å². The van der Waals surface area contributed by atoms with Crippen LogP contribution in [0.1, 0.15) is 0 Å². The quantitative estimate of drug-likeness (QED) is 0.694. The first-order valence-electron chi connectivity index (χ1n) is 5.39. The Morgan fingerprint density at radius 2 is 2.35 bits per heavy atom. The number of nitrogens with zero attached hydrogens (tertiary/aromatic N) is 6. The van der Waals surface area contributed by atoms with Gasteiger partial charge in [-0.05, 0) is 17.5 Å². The molecular weight excluding hydrogens is 238 g/mol. The lowest BCUT2D eigenvalue weighted by atomic mass is 10.6. The first-order chi connectivity index (χ1) is 8.40. The van der Waals surface area contributed by atoms with Crippen LogP contribution in [0.5, 0.6) is 0 Å². The van der Waals surface area contributed by atoms with E-state index in [1.165, 1.54) is 0 Å². The Bertz CT molecular complexity index is 424. The molecule has 0 saturated carbocycles. The minimum atomic E-state index is 0.789. The Balaban J connectivity index is 1.80. The molecule has 0 radical (unpaired) electrons. The van der Waals surface area contributed by atoms with Gasteiger partial charge in [0.2, 0.25) is 5.16 Å². The molecule has 0 spiro atoms. The number of hydrogen-bond donors (Lipinski definition) is 1. The zero-order valence-electron chi connectivity index (χ0n) is 9.65. The minimum Gasteiger partial charge on any atom is -0.337 e. The molecule has 0 fully saturated rings. The van der Waals surface area contributed by atoms with Crippen molar-refractivity contribution in [3.8, 4) is 0 Å². The van der Waals surface area contributed by atoms with Crippen molar-refractivity contribution in [1.29, 1.82) is 0 Å². The van der Waals surface area contributed by atoms with Crippen LogP contribution in [0.3, 0.4) is 0 Å². The third-order valence-electron chi connectivity index (χ3n) is 2.21. The summed E-state index contributed by atoms with van der Waals surface area (Å²) in [6.07, 6.45) is 5.54. The summed E-state index contributed by atoms with van der Waals surface area (Å²) in [6, 6.07) is 0. The van der Waals surface area contributed by atoms with E-state index in [4.69, 9.17) is 0 Å². The van der Waals surface area contributed by atoms with Gasteiger partial charge in [0.1, 0.15) is 0 Å². The van der Waals surface area contributed by atoms with Gasteiger partial charge in [0, 0.05) is 31.2 Å². The highest BCUT2D eigenvalue weighted by Gasteiger charge is 2.05. The lowest BCUT2D eigenvalue weighted by molar-refractivity contribution is 0.529. The minimum absolute atomic E-state index is 0.789. The van der Waals surface area contributed by atoms with Gasteiger partial charge in [-0.15, -0.1) is 5.10 Å². The van der Waals surface area contributed by atoms with Crippen LogP contribution in [-0.2, 0) is 13.1 Å². The van der Waals surface area contributed by atoms with Gasteiger partial charge in [-0.25, -0.2) is 9.67 Å². The monoisotopic (exact) mass is 253 g/mol. The van der Waals surface area contributed by atoms with Gasteiger partial charge in [-0.2, -0.15) is 0 Å². The fraction of sp³-hybridized carbons (Fsp3) is 0.556. The molecule has 2 heterocycles. The number of tetrazole rings is 1. The van der Waals surface area contributed by atoms with Crippen molar-refractivity contribution in [3.63, 3.8) is 0 Å². The molecule has 17 heavy (non-hydrogen) atoms. The van der Waals surface area contributed by atoms with Crippen molar-refractivity contribution in [2.45, 2.75) is 18.2 Å². The average Bonchev–Trinajstić information content (AvgIpc) is 2.98. The standard InChI is InChI=1S/C9H15N7S/c1-10-2-5-16-9(12-13-14-16)17-7-6-15-4-3-11-8-15/h3-4,8,10H,2,5-7H2,1H3. The highest BCUT2D eigenvalue weighted by atomic mass is 32.2. The van der Waals surface area contributed by atoms with Gasteiger partial charge in [-0.3, -0.25) is 0 Å². The van der Waals surface area contributed by atoms with Crippen LogP contribution in [0, 0.1) is 0 Å². The lowest BCUT2D eigenvalue weighted by Gasteiger charge is -2.04. The second-order valence-electron chi connectivity index (χ2n) is 3.44. The summed E-state index contributed by atoms with van der Waals surface area (Å²) >= 11 is 1.65. The van der Waals surface area contributed by atoms with Crippen LogP contribution in [0.2, 0.25) is 0 Å². The van der Waals surface area contributed by atoms with E-state index >= 15 is 0 Å². The van der Waals surface area contributed by atoms with Gasteiger partial charge in [0.15, 0.2) is 0 Å². The van der Waals surface area contributed by atoms with Gasteiger partial charge in [0.25, 0.3) is 0 Å². The number of nitrogens with one attached hydrogen (secondary N) is 1. The van der Waals surface area contributed by atoms with E-state index in [1.807, 2.05) is 28.8 Å². The molecule has 92 valence electrons. The van der Waals surface area contributed by atoms with E-state index in [0.29, 0.717) is 0 Å². The smallest absolute Gasteiger partial charge is 0.209 e. The summed E-state index contributed by atoms with van der Waals surface area (Å²) in [5.74, 6) is 0.927. The summed E-state index contributed by atoms with van der Waals surface area (Å²) in [7, 11) is 1.91. The zero-order chi connectivity index (χ0) is 11.9. The van der Waals surface area contributed by atoms with E-state index in [9.17, 15) is 0 Å². The van der Waals surface area contributed by atoms with Crippen LogP contribution in [0.25, 0.3) is 0 Å². The van der Waals surface area contributed by atoms with E-state index in [1.54, 1.807) is 18.0 Å². The number of rotatable bonds is 7. The second kappa shape index (κ2) is 6.36. The van der Waals surface area contributed by atoms with E-state index in [0.717, 1.165) is 30.5 Å². The Labute approximate surface area is 104 Å². The Morgan fingerprint density at radius 3 is 3.12 bits per heavy atom. The summed E-state index contributed by atoms with van der Waals surface area (Å²) in [5, 5.41) is 15.6. The Hall–Kier alpha value is -1.41. The fourth-order valence-corrected chi connectivity index (χ4v) is 2.17. The molecule has 0 atom stereocenters. The average molecular weight is 253 g/mol. The zero-order valence-corrected chi connectivity index (χ0v) is 10.5. The molecule has 0 saturated heterocycles. The van der Waals surface area contributed by atoms with Crippen molar-refractivity contribution in [2.24, 2.45) is 0 Å². The van der Waals surface area contributed by atoms with E-state index in [2.05, 4.69) is 25.8 Å². The molecule has 0 aromatic carbocycles. The summed E-state index contributed by atoms with van der Waals surface area (Å²) in [6.45, 7) is 2.56. The van der Waals surface area contributed by atoms with Crippen LogP contribution in [0.15, 0.2) is 23.9 Å². The lowest BCUT2D eigenvalue weighted by Crippen LogP contribution is -2.16. The largest absolute Gasteiger partial charge is 0.337 e. The number of imidazole rings is 1. The van der Waals surface area contributed by atoms with Crippen LogP contribution in [-0.4, -0.2) is 49.1 Å². The van der Waals surface area contributed by atoms with Crippen molar-refractivity contribution in [1.82, 2.24) is 35.1 Å². The van der Waals surface area contributed by atoms with Crippen molar-refractivity contribution in [3.05, 3.63) is 18.7 Å². The van der Waals surface area contributed by atoms with Crippen LogP contribution < -0.4 is 5.32 Å². The molecule has 0 aliphatic rings. The molecule has 2 aromatic rings. The SMILES string of the molecule is CNCCn1nnnc1SCCn1ccnc1. The molecule has 0 unspecified atom stereocenters. The van der Waals surface area contributed by atoms with Gasteiger partial charge >= 0.3 is 0 Å². The summed E-state index contributed by atoms with van der Waals surface area (Å²) in [5.41, 5.74) is 0. The number of aromatic nitrogens is 6. The molecule has 0 bridgehead atoms. The second-order valence-corrected chi connectivity index (χ2v) is 4.50. The van der Waals surface area contributed by atoms with Gasteiger partial charge in [-0.1, -0.05) is 11.8 Å². The first-order valence-corrected chi connectivity index (χ1v) is 6.38. The predicted octanol–water partition coefficient (Wildman–Crippen LogP) is -0.119. The van der Waals surface area contributed by atoms with Crippen LogP contribution >= 0.6 is 11.8 Å². The summed E-state index contributed by atoms with van der Waals surface area (Å²) < 4.78 is 3.85. The molecule has 2 aromatic heterocycles. The number of hydrogen-bond acceptors (Lipinski definition) is 6. The number of likely N-dealkylation sites (N-methyl/N-ethyl adjacent to an activating group) is 1. The third kappa shape index (κ3) is 3.53. The number of aryl methyl sites for hydroxylation is 1. The molecule has 0 amide bonds. The predicted molar refractivity (Wildman–Crippen MR) is 64.7 cm³/mol. The molecule has 7 nitrogen and oxygen atoms in total. The molecule has 1 N–H and O–H groups in total. The maximum absolute atomic E-state index is 4.00. The van der Waals surface area contributed by atoms with Crippen molar-refractivity contribution in [2.75, 3.05) is 19.3 Å². The third-order valence-corrected chi connectivity index (χ3v) is 3.15. The normalized spacial score (nSPS) is 10.9. The molecule has 2 rings (SSSR count). The van der Waals surface area contributed by atoms with Crippen LogP contribution in [0.4, 0.5) is 0 Å².